The van der Waals surface area contributed by atoms with Crippen molar-refractivity contribution in [2.75, 3.05) is 14.2 Å². The van der Waals surface area contributed by atoms with Crippen LogP contribution >= 0.6 is 0 Å². The molecule has 0 bridgehead atoms. The largest absolute Gasteiger partial charge is 0.469 e. The zero-order valence-electron chi connectivity index (χ0n) is 12.7. The van der Waals surface area contributed by atoms with Gasteiger partial charge in [0.2, 0.25) is 0 Å². The maximum Gasteiger partial charge on any atom is 0.305 e. The molecular weight excluding hydrogens is 254 g/mol. The van der Waals surface area contributed by atoms with Crippen molar-refractivity contribution in [2.24, 2.45) is 11.8 Å². The maximum absolute atomic E-state index is 11.6. The fourth-order valence-electron chi connectivity index (χ4n) is 4.11. The van der Waals surface area contributed by atoms with E-state index in [4.69, 9.17) is 9.57 Å². The van der Waals surface area contributed by atoms with Crippen LogP contribution in [0, 0.1) is 11.8 Å². The molecule has 4 atom stereocenters. The third-order valence-corrected chi connectivity index (χ3v) is 5.00. The Labute approximate surface area is 122 Å². The number of esters is 1. The molecule has 2 fully saturated rings. The maximum atomic E-state index is 11.6. The SMILES string of the molecule is C=CC[C@H]1CC[C@H]2[C@H](CC(=O)OC)CCC[C@H]2N1OC. The molecule has 20 heavy (non-hydrogen) atoms. The molecule has 0 N–H and O–H groups in total. The summed E-state index contributed by atoms with van der Waals surface area (Å²) in [6.07, 6.45) is 9.29. The van der Waals surface area contributed by atoms with E-state index >= 15 is 0 Å². The minimum atomic E-state index is -0.0761. The zero-order valence-corrected chi connectivity index (χ0v) is 12.7. The first kappa shape index (κ1) is 15.5. The van der Waals surface area contributed by atoms with Gasteiger partial charge in [-0.3, -0.25) is 4.79 Å². The number of fused-ring (bicyclic) bond motifs is 1. The van der Waals surface area contributed by atoms with Crippen molar-refractivity contribution in [3.05, 3.63) is 12.7 Å². The summed E-state index contributed by atoms with van der Waals surface area (Å²) in [6, 6.07) is 0.887. The van der Waals surface area contributed by atoms with E-state index in [2.05, 4.69) is 11.6 Å². The average molecular weight is 281 g/mol. The molecule has 1 saturated heterocycles. The van der Waals surface area contributed by atoms with Crippen LogP contribution in [0.4, 0.5) is 0 Å². The van der Waals surface area contributed by atoms with E-state index in [1.165, 1.54) is 26.4 Å². The molecule has 0 aromatic rings. The van der Waals surface area contributed by atoms with Gasteiger partial charge < -0.3 is 9.57 Å². The highest BCUT2D eigenvalue weighted by Crippen LogP contribution is 2.43. The molecule has 4 nitrogen and oxygen atoms in total. The lowest BCUT2D eigenvalue weighted by Crippen LogP contribution is -2.53. The van der Waals surface area contributed by atoms with E-state index in [-0.39, 0.29) is 5.97 Å². The molecule has 0 radical (unpaired) electrons. The van der Waals surface area contributed by atoms with Crippen LogP contribution in [-0.2, 0) is 14.4 Å². The molecule has 0 spiro atoms. The molecule has 1 aliphatic carbocycles. The summed E-state index contributed by atoms with van der Waals surface area (Å²) >= 11 is 0. The first-order valence-corrected chi connectivity index (χ1v) is 7.71. The van der Waals surface area contributed by atoms with Crippen LogP contribution in [0.25, 0.3) is 0 Å². The van der Waals surface area contributed by atoms with Gasteiger partial charge in [0, 0.05) is 18.5 Å². The van der Waals surface area contributed by atoms with E-state index in [1.54, 1.807) is 7.11 Å². The molecular formula is C16H27NO3. The van der Waals surface area contributed by atoms with Crippen LogP contribution in [0.5, 0.6) is 0 Å². The molecule has 0 aromatic heterocycles. The van der Waals surface area contributed by atoms with Gasteiger partial charge in [0.25, 0.3) is 0 Å². The van der Waals surface area contributed by atoms with Crippen LogP contribution in [0.3, 0.4) is 0 Å². The van der Waals surface area contributed by atoms with Gasteiger partial charge in [-0.1, -0.05) is 12.5 Å². The lowest BCUT2D eigenvalue weighted by Gasteiger charge is -2.49. The highest BCUT2D eigenvalue weighted by atomic mass is 16.7. The van der Waals surface area contributed by atoms with Crippen molar-refractivity contribution in [2.45, 2.75) is 57.0 Å². The Hall–Kier alpha value is -0.870. The summed E-state index contributed by atoms with van der Waals surface area (Å²) < 4.78 is 4.85. The van der Waals surface area contributed by atoms with Crippen LogP contribution in [0.1, 0.15) is 44.9 Å². The second-order valence-corrected chi connectivity index (χ2v) is 6.00. The number of hydrogen-bond acceptors (Lipinski definition) is 4. The van der Waals surface area contributed by atoms with Gasteiger partial charge in [-0.2, -0.15) is 5.06 Å². The van der Waals surface area contributed by atoms with Crippen LogP contribution in [0.2, 0.25) is 0 Å². The number of rotatable bonds is 5. The summed E-state index contributed by atoms with van der Waals surface area (Å²) in [5.74, 6) is 0.931. The smallest absolute Gasteiger partial charge is 0.305 e. The second kappa shape index (κ2) is 7.23. The predicted octanol–water partition coefficient (Wildman–Crippen LogP) is 2.94. The average Bonchev–Trinajstić information content (AvgIpc) is 2.47. The molecule has 0 aromatic carbocycles. The van der Waals surface area contributed by atoms with Gasteiger partial charge in [0.05, 0.1) is 14.2 Å². The number of hydrogen-bond donors (Lipinski definition) is 0. The minimum Gasteiger partial charge on any atom is -0.469 e. The fraction of sp³-hybridized carbons (Fsp3) is 0.812. The van der Waals surface area contributed by atoms with Crippen molar-refractivity contribution in [3.63, 3.8) is 0 Å². The summed E-state index contributed by atoms with van der Waals surface area (Å²) in [5.41, 5.74) is 0. The summed E-state index contributed by atoms with van der Waals surface area (Å²) in [5, 5.41) is 2.18. The van der Waals surface area contributed by atoms with Gasteiger partial charge >= 0.3 is 5.97 Å². The van der Waals surface area contributed by atoms with Gasteiger partial charge in [-0.25, -0.2) is 0 Å². The topological polar surface area (TPSA) is 38.8 Å². The molecule has 0 amide bonds. The van der Waals surface area contributed by atoms with E-state index in [9.17, 15) is 4.79 Å². The Balaban J connectivity index is 2.06. The van der Waals surface area contributed by atoms with Crippen molar-refractivity contribution in [3.8, 4) is 0 Å². The third kappa shape index (κ3) is 3.23. The predicted molar refractivity (Wildman–Crippen MR) is 77.9 cm³/mol. The number of carbonyl (C=O) groups is 1. The van der Waals surface area contributed by atoms with Gasteiger partial charge in [-0.15, -0.1) is 6.58 Å². The Bertz CT molecular complexity index is 345. The Morgan fingerprint density at radius 2 is 2.10 bits per heavy atom. The lowest BCUT2D eigenvalue weighted by molar-refractivity contribution is -0.230. The van der Waals surface area contributed by atoms with E-state index in [0.717, 1.165) is 19.3 Å². The Kier molecular flexibility index (Phi) is 5.61. The highest BCUT2D eigenvalue weighted by Gasteiger charge is 2.43. The molecule has 2 rings (SSSR count). The Morgan fingerprint density at radius 3 is 2.75 bits per heavy atom. The number of hydroxylamine groups is 2. The van der Waals surface area contributed by atoms with E-state index in [0.29, 0.717) is 30.3 Å². The van der Waals surface area contributed by atoms with Crippen LogP contribution in [0.15, 0.2) is 12.7 Å². The number of nitrogens with zero attached hydrogens (tertiary/aromatic N) is 1. The van der Waals surface area contributed by atoms with Crippen molar-refractivity contribution in [1.82, 2.24) is 5.06 Å². The standard InChI is InChI=1S/C16H27NO3/c1-4-6-13-9-10-14-12(11-16(18)19-2)7-5-8-15(14)17(13)20-3/h4,12-15H,1,5-11H2,2-3H3/t12-,13-,14-,15+/m0/s1. The van der Waals surface area contributed by atoms with Crippen LogP contribution in [-0.4, -0.2) is 37.3 Å². The first-order valence-electron chi connectivity index (χ1n) is 7.71. The van der Waals surface area contributed by atoms with Crippen molar-refractivity contribution in [1.29, 1.82) is 0 Å². The molecule has 2 aliphatic rings. The van der Waals surface area contributed by atoms with Gasteiger partial charge in [0.1, 0.15) is 0 Å². The summed E-state index contributed by atoms with van der Waals surface area (Å²) in [4.78, 5) is 17.3. The quantitative estimate of drug-likeness (QED) is 0.574. The highest BCUT2D eigenvalue weighted by molar-refractivity contribution is 5.69. The number of methoxy groups -OCH3 is 1. The van der Waals surface area contributed by atoms with Crippen molar-refractivity contribution < 1.29 is 14.4 Å². The van der Waals surface area contributed by atoms with E-state index in [1.807, 2.05) is 6.08 Å². The van der Waals surface area contributed by atoms with Gasteiger partial charge in [-0.05, 0) is 43.9 Å². The fourth-order valence-corrected chi connectivity index (χ4v) is 4.11. The number of carbonyl (C=O) groups excluding carboxylic acids is 1. The second-order valence-electron chi connectivity index (χ2n) is 6.00. The lowest BCUT2D eigenvalue weighted by atomic mass is 9.69. The molecule has 114 valence electrons. The minimum absolute atomic E-state index is 0.0761. The van der Waals surface area contributed by atoms with Crippen molar-refractivity contribution >= 4 is 5.97 Å². The van der Waals surface area contributed by atoms with Gasteiger partial charge in [0.15, 0.2) is 0 Å². The Morgan fingerprint density at radius 1 is 1.30 bits per heavy atom. The number of piperidine rings is 1. The molecule has 1 heterocycles. The van der Waals surface area contributed by atoms with Crippen LogP contribution < -0.4 is 0 Å². The molecule has 1 saturated carbocycles. The third-order valence-electron chi connectivity index (χ3n) is 5.00. The number of ether oxygens (including phenoxy) is 1. The first-order chi connectivity index (χ1) is 9.71. The molecule has 1 aliphatic heterocycles. The normalized spacial score (nSPS) is 34.3. The zero-order chi connectivity index (χ0) is 14.5. The van der Waals surface area contributed by atoms with E-state index < -0.39 is 0 Å². The monoisotopic (exact) mass is 281 g/mol. The molecule has 4 heteroatoms. The summed E-state index contributed by atoms with van der Waals surface area (Å²) in [7, 11) is 3.24. The molecule has 0 unspecified atom stereocenters. The summed E-state index contributed by atoms with van der Waals surface area (Å²) in [6.45, 7) is 3.85.